The molecule has 0 unspecified atom stereocenters. The van der Waals surface area contributed by atoms with Gasteiger partial charge in [-0.1, -0.05) is 18.2 Å². The molecule has 2 aromatic carbocycles. The number of aryl methyl sites for hydroxylation is 1. The number of nitrogens with one attached hydrogen (secondary N) is 1. The first kappa shape index (κ1) is 12.4. The first-order chi connectivity index (χ1) is 9.74. The van der Waals surface area contributed by atoms with Crippen LogP contribution in [-0.4, -0.2) is 9.55 Å². The van der Waals surface area contributed by atoms with E-state index in [1.165, 1.54) is 12.1 Å². The summed E-state index contributed by atoms with van der Waals surface area (Å²) in [6.45, 7) is 1.88. The van der Waals surface area contributed by atoms with E-state index in [4.69, 9.17) is 0 Å². The smallest absolute Gasteiger partial charge is 0.212 e. The third-order valence-electron chi connectivity index (χ3n) is 3.09. The van der Waals surface area contributed by atoms with Crippen molar-refractivity contribution >= 4 is 11.6 Å². The lowest BCUT2D eigenvalue weighted by Crippen LogP contribution is -2.02. The number of halogens is 1. The molecule has 1 aromatic heterocycles. The van der Waals surface area contributed by atoms with Crippen LogP contribution in [0.4, 0.5) is 16.0 Å². The Morgan fingerprint density at radius 3 is 2.65 bits per heavy atom. The Kier molecular flexibility index (Phi) is 3.21. The third-order valence-corrected chi connectivity index (χ3v) is 3.09. The Bertz CT molecular complexity index is 720. The number of rotatable bonds is 3. The fraction of sp³-hybridized carbons (Fsp3) is 0.0625. The minimum atomic E-state index is -0.232. The predicted molar refractivity (Wildman–Crippen MR) is 78.0 cm³/mol. The number of anilines is 2. The van der Waals surface area contributed by atoms with Crippen molar-refractivity contribution < 1.29 is 4.39 Å². The van der Waals surface area contributed by atoms with Crippen molar-refractivity contribution in [2.24, 2.45) is 0 Å². The summed E-state index contributed by atoms with van der Waals surface area (Å²) in [6, 6.07) is 14.5. The Morgan fingerprint density at radius 2 is 1.90 bits per heavy atom. The van der Waals surface area contributed by atoms with Crippen LogP contribution in [0.15, 0.2) is 60.9 Å². The van der Waals surface area contributed by atoms with Crippen LogP contribution in [0.1, 0.15) is 5.56 Å². The number of aromatic nitrogens is 2. The summed E-state index contributed by atoms with van der Waals surface area (Å²) in [5.74, 6) is 0.467. The first-order valence-corrected chi connectivity index (χ1v) is 6.36. The second kappa shape index (κ2) is 5.17. The van der Waals surface area contributed by atoms with Crippen LogP contribution in [0.25, 0.3) is 5.69 Å². The largest absolute Gasteiger partial charge is 0.325 e. The summed E-state index contributed by atoms with van der Waals surface area (Å²) in [7, 11) is 0. The van der Waals surface area contributed by atoms with E-state index in [0.29, 0.717) is 5.95 Å². The monoisotopic (exact) mass is 267 g/mol. The highest BCUT2D eigenvalue weighted by Crippen LogP contribution is 2.21. The van der Waals surface area contributed by atoms with Gasteiger partial charge in [-0.2, -0.15) is 0 Å². The molecule has 0 atom stereocenters. The van der Waals surface area contributed by atoms with E-state index in [2.05, 4.69) is 10.3 Å². The van der Waals surface area contributed by atoms with Gasteiger partial charge >= 0.3 is 0 Å². The van der Waals surface area contributed by atoms with E-state index < -0.39 is 0 Å². The number of para-hydroxylation sites is 1. The van der Waals surface area contributed by atoms with Gasteiger partial charge in [-0.15, -0.1) is 0 Å². The molecular weight excluding hydrogens is 253 g/mol. The van der Waals surface area contributed by atoms with Gasteiger partial charge in [0, 0.05) is 18.1 Å². The summed E-state index contributed by atoms with van der Waals surface area (Å²) < 4.78 is 15.1. The van der Waals surface area contributed by atoms with Crippen molar-refractivity contribution in [2.75, 3.05) is 5.32 Å². The minimum absolute atomic E-state index is 0.232. The summed E-state index contributed by atoms with van der Waals surface area (Å²) in [5, 5.41) is 3.25. The van der Waals surface area contributed by atoms with Crippen LogP contribution in [0.5, 0.6) is 0 Å². The van der Waals surface area contributed by atoms with Gasteiger partial charge in [0.25, 0.3) is 0 Å². The zero-order valence-electron chi connectivity index (χ0n) is 11.0. The molecule has 0 radical (unpaired) electrons. The van der Waals surface area contributed by atoms with Gasteiger partial charge in [0.15, 0.2) is 0 Å². The molecule has 3 rings (SSSR count). The zero-order chi connectivity index (χ0) is 13.9. The maximum atomic E-state index is 13.2. The number of imidazole rings is 1. The molecule has 0 aliphatic heterocycles. The summed E-state index contributed by atoms with van der Waals surface area (Å²) in [4.78, 5) is 4.31. The molecule has 0 fully saturated rings. The van der Waals surface area contributed by atoms with Crippen molar-refractivity contribution in [1.29, 1.82) is 0 Å². The average molecular weight is 267 g/mol. The summed E-state index contributed by atoms with van der Waals surface area (Å²) in [6.07, 6.45) is 3.57. The van der Waals surface area contributed by atoms with Gasteiger partial charge in [-0.3, -0.25) is 4.57 Å². The third kappa shape index (κ3) is 2.40. The van der Waals surface area contributed by atoms with Crippen LogP contribution in [-0.2, 0) is 0 Å². The molecule has 1 N–H and O–H groups in total. The molecule has 100 valence electrons. The molecule has 0 saturated carbocycles. The van der Waals surface area contributed by atoms with Crippen molar-refractivity contribution in [3.05, 3.63) is 72.3 Å². The van der Waals surface area contributed by atoms with Gasteiger partial charge in [0.05, 0.1) is 5.69 Å². The highest BCUT2D eigenvalue weighted by atomic mass is 19.1. The van der Waals surface area contributed by atoms with Crippen molar-refractivity contribution in [2.45, 2.75) is 6.92 Å². The van der Waals surface area contributed by atoms with Crippen molar-refractivity contribution in [3.8, 4) is 5.69 Å². The highest BCUT2D eigenvalue weighted by molar-refractivity contribution is 5.56. The number of benzene rings is 2. The lowest BCUT2D eigenvalue weighted by atomic mass is 10.2. The van der Waals surface area contributed by atoms with E-state index in [-0.39, 0.29) is 5.82 Å². The van der Waals surface area contributed by atoms with Crippen molar-refractivity contribution in [1.82, 2.24) is 9.55 Å². The van der Waals surface area contributed by atoms with Crippen LogP contribution < -0.4 is 5.32 Å². The van der Waals surface area contributed by atoms with E-state index >= 15 is 0 Å². The normalized spacial score (nSPS) is 10.5. The molecule has 0 bridgehead atoms. The van der Waals surface area contributed by atoms with Crippen LogP contribution in [0, 0.1) is 12.7 Å². The summed E-state index contributed by atoms with van der Waals surface area (Å²) in [5.41, 5.74) is 2.72. The number of hydrogen-bond donors (Lipinski definition) is 1. The molecule has 0 saturated heterocycles. The Hall–Kier alpha value is -2.62. The Labute approximate surface area is 116 Å². The number of nitrogens with zero attached hydrogens (tertiary/aromatic N) is 2. The zero-order valence-corrected chi connectivity index (χ0v) is 11.0. The van der Waals surface area contributed by atoms with E-state index in [1.54, 1.807) is 12.3 Å². The number of hydrogen-bond acceptors (Lipinski definition) is 2. The average Bonchev–Trinajstić information content (AvgIpc) is 2.88. The SMILES string of the molecule is Cc1cc(F)ccc1-n1ccnc1Nc1ccccc1. The molecular formula is C16H14FN3. The molecule has 0 spiro atoms. The van der Waals surface area contributed by atoms with Gasteiger partial charge in [-0.25, -0.2) is 9.37 Å². The van der Waals surface area contributed by atoms with E-state index in [1.807, 2.05) is 48.0 Å². The maximum absolute atomic E-state index is 13.2. The fourth-order valence-corrected chi connectivity index (χ4v) is 2.13. The van der Waals surface area contributed by atoms with E-state index in [0.717, 1.165) is 16.9 Å². The van der Waals surface area contributed by atoms with Crippen LogP contribution in [0.3, 0.4) is 0 Å². The van der Waals surface area contributed by atoms with Crippen LogP contribution >= 0.6 is 0 Å². The molecule has 0 amide bonds. The quantitative estimate of drug-likeness (QED) is 0.775. The molecule has 20 heavy (non-hydrogen) atoms. The highest BCUT2D eigenvalue weighted by Gasteiger charge is 2.08. The van der Waals surface area contributed by atoms with Gasteiger partial charge < -0.3 is 5.32 Å². The predicted octanol–water partition coefficient (Wildman–Crippen LogP) is 4.06. The lowest BCUT2D eigenvalue weighted by Gasteiger charge is -2.12. The van der Waals surface area contributed by atoms with E-state index in [9.17, 15) is 4.39 Å². The van der Waals surface area contributed by atoms with Gasteiger partial charge in [-0.05, 0) is 42.8 Å². The molecule has 0 aliphatic carbocycles. The maximum Gasteiger partial charge on any atom is 0.212 e. The first-order valence-electron chi connectivity index (χ1n) is 6.36. The van der Waals surface area contributed by atoms with Crippen LogP contribution in [0.2, 0.25) is 0 Å². The molecule has 0 aliphatic rings. The van der Waals surface area contributed by atoms with Crippen molar-refractivity contribution in [3.63, 3.8) is 0 Å². The molecule has 3 aromatic rings. The van der Waals surface area contributed by atoms with Gasteiger partial charge in [0.1, 0.15) is 5.82 Å². The Balaban J connectivity index is 1.98. The molecule has 4 heteroatoms. The fourth-order valence-electron chi connectivity index (χ4n) is 2.13. The lowest BCUT2D eigenvalue weighted by molar-refractivity contribution is 0.626. The molecule has 3 nitrogen and oxygen atoms in total. The minimum Gasteiger partial charge on any atom is -0.325 e. The second-order valence-corrected chi connectivity index (χ2v) is 4.54. The topological polar surface area (TPSA) is 29.9 Å². The standard InChI is InChI=1S/C16H14FN3/c1-12-11-13(17)7-8-15(12)20-10-9-18-16(20)19-14-5-3-2-4-6-14/h2-11H,1H3,(H,18,19). The molecule has 1 heterocycles. The summed E-state index contributed by atoms with van der Waals surface area (Å²) >= 11 is 0. The second-order valence-electron chi connectivity index (χ2n) is 4.54. The van der Waals surface area contributed by atoms with Gasteiger partial charge in [0.2, 0.25) is 5.95 Å². The Morgan fingerprint density at radius 1 is 1.10 bits per heavy atom.